The van der Waals surface area contributed by atoms with E-state index in [9.17, 15) is 4.79 Å². The summed E-state index contributed by atoms with van der Waals surface area (Å²) in [6.07, 6.45) is 0.873. The van der Waals surface area contributed by atoms with Crippen LogP contribution in [0.1, 0.15) is 40.0 Å². The highest BCUT2D eigenvalue weighted by molar-refractivity contribution is 5.67. The molecule has 3 N–H and O–H groups in total. The number of ether oxygens (including phenoxy) is 2. The summed E-state index contributed by atoms with van der Waals surface area (Å²) in [4.78, 5) is 10.5. The van der Waals surface area contributed by atoms with Crippen molar-refractivity contribution in [1.82, 2.24) is 0 Å². The molecule has 1 aliphatic heterocycles. The first-order valence-electron chi connectivity index (χ1n) is 5.84. The van der Waals surface area contributed by atoms with E-state index in [1.165, 1.54) is 0 Å². The molecular weight excluding hydrogens is 210 g/mol. The van der Waals surface area contributed by atoms with Gasteiger partial charge in [0.1, 0.15) is 0 Å². The van der Waals surface area contributed by atoms with E-state index in [2.05, 4.69) is 0 Å². The van der Waals surface area contributed by atoms with Gasteiger partial charge in [-0.1, -0.05) is 13.8 Å². The lowest BCUT2D eigenvalue weighted by atomic mass is 10.0. The third kappa shape index (κ3) is 6.05. The summed E-state index contributed by atoms with van der Waals surface area (Å²) in [5.74, 6) is -0.837. The summed E-state index contributed by atoms with van der Waals surface area (Å²) in [6.45, 7) is 6.33. The quantitative estimate of drug-likeness (QED) is 0.766. The zero-order valence-corrected chi connectivity index (χ0v) is 10.3. The molecule has 1 fully saturated rings. The number of nitrogens with two attached hydrogens (primary N) is 1. The van der Waals surface area contributed by atoms with Crippen molar-refractivity contribution in [2.75, 3.05) is 6.54 Å². The highest BCUT2D eigenvalue weighted by atomic mass is 16.7. The predicted molar refractivity (Wildman–Crippen MR) is 61.1 cm³/mol. The van der Waals surface area contributed by atoms with Crippen LogP contribution in [0, 0.1) is 0 Å². The molecule has 0 aromatic heterocycles. The molecule has 0 aromatic rings. The molecule has 3 unspecified atom stereocenters. The molecule has 5 nitrogen and oxygen atoms in total. The van der Waals surface area contributed by atoms with Crippen LogP contribution < -0.4 is 5.73 Å². The van der Waals surface area contributed by atoms with Crippen molar-refractivity contribution in [3.8, 4) is 0 Å². The van der Waals surface area contributed by atoms with Crippen LogP contribution in [0.15, 0.2) is 0 Å². The van der Waals surface area contributed by atoms with E-state index in [4.69, 9.17) is 20.3 Å². The summed E-state index contributed by atoms with van der Waals surface area (Å²) in [5.41, 5.74) is 5.41. The number of carbonyl (C=O) groups is 1. The zero-order valence-electron chi connectivity index (χ0n) is 10.3. The lowest BCUT2D eigenvalue weighted by Crippen LogP contribution is -2.38. The van der Waals surface area contributed by atoms with E-state index in [1.807, 2.05) is 13.8 Å². The van der Waals surface area contributed by atoms with E-state index in [0.717, 1.165) is 6.42 Å². The normalized spacial score (nSPS) is 29.1. The molecule has 0 spiro atoms. The van der Waals surface area contributed by atoms with Crippen LogP contribution >= 0.6 is 0 Å². The molecule has 16 heavy (non-hydrogen) atoms. The first kappa shape index (κ1) is 15.3. The molecule has 1 aliphatic rings. The first-order valence-corrected chi connectivity index (χ1v) is 5.84. The van der Waals surface area contributed by atoms with Gasteiger partial charge in [-0.05, 0) is 19.9 Å². The fourth-order valence-electron chi connectivity index (χ4n) is 1.68. The van der Waals surface area contributed by atoms with Gasteiger partial charge in [0.2, 0.25) is 0 Å². The Morgan fingerprint density at radius 1 is 1.38 bits per heavy atom. The Kier molecular flexibility index (Phi) is 8.15. The number of aliphatic carboxylic acids is 1. The second kappa shape index (κ2) is 8.50. The van der Waals surface area contributed by atoms with Crippen molar-refractivity contribution < 1.29 is 19.4 Å². The largest absolute Gasteiger partial charge is 0.481 e. The van der Waals surface area contributed by atoms with Gasteiger partial charge < -0.3 is 20.3 Å². The van der Waals surface area contributed by atoms with E-state index >= 15 is 0 Å². The molecule has 1 saturated heterocycles. The van der Waals surface area contributed by atoms with Crippen LogP contribution in [-0.2, 0) is 14.3 Å². The second-order valence-corrected chi connectivity index (χ2v) is 3.49. The Morgan fingerprint density at radius 2 is 1.94 bits per heavy atom. The SMILES string of the molecule is CC.CC1OC(CCN)CC(CC(=O)O)O1. The maximum Gasteiger partial charge on any atom is 0.305 e. The van der Waals surface area contributed by atoms with E-state index in [1.54, 1.807) is 6.92 Å². The number of carboxylic acid groups (broad SMARTS) is 1. The van der Waals surface area contributed by atoms with Crippen molar-refractivity contribution in [1.29, 1.82) is 0 Å². The van der Waals surface area contributed by atoms with Gasteiger partial charge in [-0.2, -0.15) is 0 Å². The lowest BCUT2D eigenvalue weighted by Gasteiger charge is -2.33. The molecule has 0 aromatic carbocycles. The van der Waals surface area contributed by atoms with Crippen molar-refractivity contribution in [2.24, 2.45) is 5.73 Å². The molecule has 0 amide bonds. The Hall–Kier alpha value is -0.650. The maximum atomic E-state index is 10.5. The first-order chi connectivity index (χ1) is 7.61. The number of hydrogen-bond donors (Lipinski definition) is 2. The summed E-state index contributed by atoms with van der Waals surface area (Å²) in [7, 11) is 0. The summed E-state index contributed by atoms with van der Waals surface area (Å²) < 4.78 is 10.8. The monoisotopic (exact) mass is 233 g/mol. The molecule has 1 heterocycles. The third-order valence-electron chi connectivity index (χ3n) is 2.18. The topological polar surface area (TPSA) is 81.8 Å². The fraction of sp³-hybridized carbons (Fsp3) is 0.909. The highest BCUT2D eigenvalue weighted by Gasteiger charge is 2.28. The molecule has 5 heteroatoms. The average Bonchev–Trinajstić information content (AvgIpc) is 2.19. The fourth-order valence-corrected chi connectivity index (χ4v) is 1.68. The molecule has 1 rings (SSSR count). The third-order valence-corrected chi connectivity index (χ3v) is 2.18. The zero-order chi connectivity index (χ0) is 12.6. The molecule has 0 saturated carbocycles. The lowest BCUT2D eigenvalue weighted by molar-refractivity contribution is -0.235. The molecule has 0 radical (unpaired) electrons. The van der Waals surface area contributed by atoms with Crippen LogP contribution in [0.4, 0.5) is 0 Å². The van der Waals surface area contributed by atoms with Crippen LogP contribution in [0.25, 0.3) is 0 Å². The Labute approximate surface area is 96.9 Å². The minimum absolute atomic E-state index is 0.0353. The van der Waals surface area contributed by atoms with E-state index in [0.29, 0.717) is 13.0 Å². The van der Waals surface area contributed by atoms with Crippen LogP contribution in [0.2, 0.25) is 0 Å². The molecule has 96 valence electrons. The molecular formula is C11H23NO4. The Morgan fingerprint density at radius 3 is 2.44 bits per heavy atom. The van der Waals surface area contributed by atoms with Gasteiger partial charge in [0, 0.05) is 6.42 Å². The molecule has 3 atom stereocenters. The van der Waals surface area contributed by atoms with Crippen LogP contribution in [0.3, 0.4) is 0 Å². The van der Waals surface area contributed by atoms with E-state index < -0.39 is 5.97 Å². The molecule has 0 bridgehead atoms. The minimum Gasteiger partial charge on any atom is -0.481 e. The van der Waals surface area contributed by atoms with Gasteiger partial charge >= 0.3 is 5.97 Å². The second-order valence-electron chi connectivity index (χ2n) is 3.49. The predicted octanol–water partition coefficient (Wildman–Crippen LogP) is 1.36. The van der Waals surface area contributed by atoms with E-state index in [-0.39, 0.29) is 24.9 Å². The van der Waals surface area contributed by atoms with Crippen LogP contribution in [-0.4, -0.2) is 36.1 Å². The minimum atomic E-state index is -0.837. The van der Waals surface area contributed by atoms with Gasteiger partial charge in [0.15, 0.2) is 6.29 Å². The standard InChI is InChI=1S/C9H17NO4.C2H6/c1-6-13-7(2-3-10)4-8(14-6)5-9(11)12;1-2/h6-8H,2-5,10H2,1H3,(H,11,12);1-2H3. The number of carboxylic acids is 1. The average molecular weight is 233 g/mol. The smallest absolute Gasteiger partial charge is 0.305 e. The van der Waals surface area contributed by atoms with Crippen molar-refractivity contribution >= 4 is 5.97 Å². The molecule has 0 aliphatic carbocycles. The Balaban J connectivity index is 0.00000106. The van der Waals surface area contributed by atoms with Crippen molar-refractivity contribution in [3.05, 3.63) is 0 Å². The van der Waals surface area contributed by atoms with Gasteiger partial charge in [0.05, 0.1) is 18.6 Å². The van der Waals surface area contributed by atoms with Crippen molar-refractivity contribution in [2.45, 2.75) is 58.5 Å². The highest BCUT2D eigenvalue weighted by Crippen LogP contribution is 2.22. The maximum absolute atomic E-state index is 10.5. The number of hydrogen-bond acceptors (Lipinski definition) is 4. The van der Waals surface area contributed by atoms with Gasteiger partial charge in [-0.25, -0.2) is 0 Å². The van der Waals surface area contributed by atoms with Crippen molar-refractivity contribution in [3.63, 3.8) is 0 Å². The summed E-state index contributed by atoms with van der Waals surface area (Å²) in [6, 6.07) is 0. The van der Waals surface area contributed by atoms with Crippen LogP contribution in [0.5, 0.6) is 0 Å². The summed E-state index contributed by atoms with van der Waals surface area (Å²) in [5, 5.41) is 8.62. The van der Waals surface area contributed by atoms with Gasteiger partial charge in [-0.15, -0.1) is 0 Å². The number of rotatable bonds is 4. The van der Waals surface area contributed by atoms with Gasteiger partial charge in [0.25, 0.3) is 0 Å². The van der Waals surface area contributed by atoms with Gasteiger partial charge in [-0.3, -0.25) is 4.79 Å². The summed E-state index contributed by atoms with van der Waals surface area (Å²) >= 11 is 0. The Bertz CT molecular complexity index is 198.